The predicted octanol–water partition coefficient (Wildman–Crippen LogP) is 3.20. The van der Waals surface area contributed by atoms with E-state index in [9.17, 15) is 4.39 Å². The summed E-state index contributed by atoms with van der Waals surface area (Å²) in [5.74, 6) is 0.989. The molecule has 0 aliphatic heterocycles. The lowest BCUT2D eigenvalue weighted by atomic mass is 10.2. The number of rotatable bonds is 4. The zero-order valence-corrected chi connectivity index (χ0v) is 9.96. The van der Waals surface area contributed by atoms with Crippen LogP contribution in [0.1, 0.15) is 13.3 Å². The van der Waals surface area contributed by atoms with Crippen LogP contribution in [0.5, 0.6) is 5.75 Å². The van der Waals surface area contributed by atoms with Gasteiger partial charge in [-0.2, -0.15) is 0 Å². The summed E-state index contributed by atoms with van der Waals surface area (Å²) in [7, 11) is 1.57. The first-order valence-corrected chi connectivity index (χ1v) is 5.63. The Hall–Kier alpha value is -1.84. The standard InChI is InChI=1S/C13H15FN2O/c1-3-8-15-12-7-4-9-11(17-2)6-5-10(14)13(9)16-12/h4-7H,3,8H2,1-2H3,(H,15,16). The fraction of sp³-hybridized carbons (Fsp3) is 0.308. The minimum atomic E-state index is -0.332. The molecule has 0 saturated heterocycles. The molecule has 90 valence electrons. The number of anilines is 1. The number of nitrogens with zero attached hydrogens (tertiary/aromatic N) is 1. The van der Waals surface area contributed by atoms with E-state index in [0.29, 0.717) is 22.5 Å². The summed E-state index contributed by atoms with van der Waals surface area (Å²) in [6.07, 6.45) is 1.00. The van der Waals surface area contributed by atoms with Gasteiger partial charge in [0.15, 0.2) is 0 Å². The second-order valence-electron chi connectivity index (χ2n) is 3.77. The van der Waals surface area contributed by atoms with E-state index in [0.717, 1.165) is 13.0 Å². The Morgan fingerprint density at radius 1 is 1.29 bits per heavy atom. The molecule has 1 aromatic heterocycles. The van der Waals surface area contributed by atoms with Crippen LogP contribution >= 0.6 is 0 Å². The average Bonchev–Trinajstić information content (AvgIpc) is 2.37. The van der Waals surface area contributed by atoms with Gasteiger partial charge in [-0.05, 0) is 30.7 Å². The smallest absolute Gasteiger partial charge is 0.149 e. The topological polar surface area (TPSA) is 34.1 Å². The van der Waals surface area contributed by atoms with Gasteiger partial charge in [0.05, 0.1) is 7.11 Å². The van der Waals surface area contributed by atoms with Crippen molar-refractivity contribution in [2.24, 2.45) is 0 Å². The van der Waals surface area contributed by atoms with Crippen molar-refractivity contribution in [3.63, 3.8) is 0 Å². The van der Waals surface area contributed by atoms with Crippen LogP contribution in [0.2, 0.25) is 0 Å². The van der Waals surface area contributed by atoms with Crippen LogP contribution < -0.4 is 10.1 Å². The van der Waals surface area contributed by atoms with Crippen molar-refractivity contribution in [3.05, 3.63) is 30.1 Å². The molecule has 1 N–H and O–H groups in total. The summed E-state index contributed by atoms with van der Waals surface area (Å²) in [5, 5.41) is 3.82. The third-order valence-electron chi connectivity index (χ3n) is 2.54. The van der Waals surface area contributed by atoms with Gasteiger partial charge in [-0.1, -0.05) is 6.92 Å². The summed E-state index contributed by atoms with van der Waals surface area (Å²) < 4.78 is 18.8. The van der Waals surface area contributed by atoms with Crippen molar-refractivity contribution in [2.75, 3.05) is 19.0 Å². The number of hydrogen-bond donors (Lipinski definition) is 1. The molecule has 3 nitrogen and oxygen atoms in total. The van der Waals surface area contributed by atoms with Crippen LogP contribution in [0, 0.1) is 5.82 Å². The molecule has 0 aliphatic rings. The highest BCUT2D eigenvalue weighted by molar-refractivity contribution is 5.86. The monoisotopic (exact) mass is 234 g/mol. The third kappa shape index (κ3) is 2.30. The average molecular weight is 234 g/mol. The maximum absolute atomic E-state index is 13.7. The molecule has 0 atom stereocenters. The second-order valence-corrected chi connectivity index (χ2v) is 3.77. The van der Waals surface area contributed by atoms with Crippen molar-refractivity contribution < 1.29 is 9.13 Å². The Labute approximate surface area is 99.6 Å². The molecule has 0 unspecified atom stereocenters. The number of aromatic nitrogens is 1. The minimum Gasteiger partial charge on any atom is -0.496 e. The molecule has 4 heteroatoms. The van der Waals surface area contributed by atoms with Gasteiger partial charge in [-0.25, -0.2) is 9.37 Å². The first-order chi connectivity index (χ1) is 8.26. The zero-order chi connectivity index (χ0) is 12.3. The molecule has 0 spiro atoms. The Morgan fingerprint density at radius 2 is 2.12 bits per heavy atom. The molecule has 2 aromatic rings. The van der Waals surface area contributed by atoms with Gasteiger partial charge < -0.3 is 10.1 Å². The molecule has 1 heterocycles. The van der Waals surface area contributed by atoms with Crippen molar-refractivity contribution in [3.8, 4) is 5.75 Å². The maximum atomic E-state index is 13.7. The van der Waals surface area contributed by atoms with Crippen molar-refractivity contribution in [1.82, 2.24) is 4.98 Å². The minimum absolute atomic E-state index is 0.332. The fourth-order valence-electron chi connectivity index (χ4n) is 1.69. The van der Waals surface area contributed by atoms with E-state index in [1.54, 1.807) is 13.2 Å². The molecule has 0 bridgehead atoms. The SMILES string of the molecule is CCCNc1ccc2c(OC)ccc(F)c2n1. The first kappa shape index (κ1) is 11.6. The lowest BCUT2D eigenvalue weighted by Gasteiger charge is -2.08. The summed E-state index contributed by atoms with van der Waals surface area (Å²) >= 11 is 0. The number of methoxy groups -OCH3 is 1. The largest absolute Gasteiger partial charge is 0.496 e. The highest BCUT2D eigenvalue weighted by atomic mass is 19.1. The Morgan fingerprint density at radius 3 is 2.82 bits per heavy atom. The van der Waals surface area contributed by atoms with Crippen molar-refractivity contribution >= 4 is 16.7 Å². The van der Waals surface area contributed by atoms with Crippen LogP contribution in [-0.2, 0) is 0 Å². The number of nitrogens with one attached hydrogen (secondary N) is 1. The molecular formula is C13H15FN2O. The Kier molecular flexibility index (Phi) is 3.42. The highest BCUT2D eigenvalue weighted by Gasteiger charge is 2.08. The number of hydrogen-bond acceptors (Lipinski definition) is 3. The van der Waals surface area contributed by atoms with Crippen LogP contribution in [0.25, 0.3) is 10.9 Å². The molecule has 1 aromatic carbocycles. The van der Waals surface area contributed by atoms with E-state index in [4.69, 9.17) is 4.74 Å². The summed E-state index contributed by atoms with van der Waals surface area (Å²) in [6, 6.07) is 6.64. The summed E-state index contributed by atoms with van der Waals surface area (Å²) in [5.41, 5.74) is 0.338. The highest BCUT2D eigenvalue weighted by Crippen LogP contribution is 2.27. The van der Waals surface area contributed by atoms with Gasteiger partial charge in [0.1, 0.15) is 22.9 Å². The number of halogens is 1. The van der Waals surface area contributed by atoms with Gasteiger partial charge >= 0.3 is 0 Å². The molecular weight excluding hydrogens is 219 g/mol. The zero-order valence-electron chi connectivity index (χ0n) is 9.96. The van der Waals surface area contributed by atoms with Gasteiger partial charge in [-0.15, -0.1) is 0 Å². The second kappa shape index (κ2) is 4.99. The van der Waals surface area contributed by atoms with Crippen LogP contribution in [-0.4, -0.2) is 18.6 Å². The molecule has 0 saturated carbocycles. The van der Waals surface area contributed by atoms with Crippen LogP contribution in [0.4, 0.5) is 10.2 Å². The van der Waals surface area contributed by atoms with Gasteiger partial charge in [0.25, 0.3) is 0 Å². The fourth-order valence-corrected chi connectivity index (χ4v) is 1.69. The lowest BCUT2D eigenvalue weighted by molar-refractivity contribution is 0.419. The Bertz CT molecular complexity index is 528. The van der Waals surface area contributed by atoms with Gasteiger partial charge in [-0.3, -0.25) is 0 Å². The number of benzene rings is 1. The molecule has 0 fully saturated rings. The lowest BCUT2D eigenvalue weighted by Crippen LogP contribution is -2.02. The molecule has 17 heavy (non-hydrogen) atoms. The van der Waals surface area contributed by atoms with Crippen molar-refractivity contribution in [1.29, 1.82) is 0 Å². The van der Waals surface area contributed by atoms with E-state index in [1.807, 2.05) is 12.1 Å². The van der Waals surface area contributed by atoms with E-state index >= 15 is 0 Å². The predicted molar refractivity (Wildman–Crippen MR) is 67.0 cm³/mol. The third-order valence-corrected chi connectivity index (χ3v) is 2.54. The normalized spacial score (nSPS) is 10.5. The van der Waals surface area contributed by atoms with Gasteiger partial charge in [0, 0.05) is 11.9 Å². The first-order valence-electron chi connectivity index (χ1n) is 5.63. The summed E-state index contributed by atoms with van der Waals surface area (Å²) in [4.78, 5) is 4.25. The van der Waals surface area contributed by atoms with E-state index < -0.39 is 0 Å². The van der Waals surface area contributed by atoms with Crippen molar-refractivity contribution in [2.45, 2.75) is 13.3 Å². The van der Waals surface area contributed by atoms with E-state index in [1.165, 1.54) is 6.07 Å². The maximum Gasteiger partial charge on any atom is 0.149 e. The van der Waals surface area contributed by atoms with Crippen LogP contribution in [0.15, 0.2) is 24.3 Å². The molecule has 0 amide bonds. The number of pyridine rings is 1. The van der Waals surface area contributed by atoms with E-state index in [-0.39, 0.29) is 5.82 Å². The number of ether oxygens (including phenoxy) is 1. The number of fused-ring (bicyclic) bond motifs is 1. The van der Waals surface area contributed by atoms with Crippen LogP contribution in [0.3, 0.4) is 0 Å². The summed E-state index contributed by atoms with van der Waals surface area (Å²) in [6.45, 7) is 2.89. The molecule has 2 rings (SSSR count). The molecule has 0 aliphatic carbocycles. The molecule has 0 radical (unpaired) electrons. The van der Waals surface area contributed by atoms with Gasteiger partial charge in [0.2, 0.25) is 0 Å². The van der Waals surface area contributed by atoms with E-state index in [2.05, 4.69) is 17.2 Å². The quantitative estimate of drug-likeness (QED) is 0.882. The Balaban J connectivity index is 2.49.